The number of amides is 1. The number of fused-ring (bicyclic) bond motifs is 2. The number of halogens is 1. The number of nitrogens with zero attached hydrogens (tertiary/aromatic N) is 4. The Kier molecular flexibility index (Phi) is 4.41. The molecule has 2 N–H and O–H groups in total. The molecular weight excluding hydrogens is 398 g/mol. The normalized spacial score (nSPS) is 11.2. The number of primary amides is 1. The number of imidazole rings is 1. The molecule has 0 aliphatic carbocycles. The van der Waals surface area contributed by atoms with Gasteiger partial charge in [0.15, 0.2) is 5.65 Å². The number of pyridine rings is 1. The minimum atomic E-state index is -0.558. The average molecular weight is 414 g/mol. The van der Waals surface area contributed by atoms with Gasteiger partial charge in [-0.2, -0.15) is 5.10 Å². The third-order valence-corrected chi connectivity index (χ3v) is 5.33. The number of hydrogen-bond acceptors (Lipinski definition) is 4. The van der Waals surface area contributed by atoms with Crippen molar-refractivity contribution >= 4 is 34.1 Å². The zero-order valence-electron chi connectivity index (χ0n) is 15.8. The third-order valence-electron chi connectivity index (χ3n) is 5.02. The molecule has 0 fully saturated rings. The van der Waals surface area contributed by atoms with E-state index in [2.05, 4.69) is 28.2 Å². The van der Waals surface area contributed by atoms with Crippen molar-refractivity contribution in [1.82, 2.24) is 19.6 Å². The SMILES string of the molecule is NC(=O)c1ccc(-c2ccc3ncc(Cc4ccc5ncccc5c4)n3n2)cc1Cl. The Morgan fingerprint density at radius 2 is 1.93 bits per heavy atom. The zero-order chi connectivity index (χ0) is 20.7. The van der Waals surface area contributed by atoms with Gasteiger partial charge in [-0.3, -0.25) is 9.78 Å². The lowest BCUT2D eigenvalue weighted by molar-refractivity contribution is 0.100. The summed E-state index contributed by atoms with van der Waals surface area (Å²) in [4.78, 5) is 20.3. The summed E-state index contributed by atoms with van der Waals surface area (Å²) < 4.78 is 1.83. The fraction of sp³-hybridized carbons (Fsp3) is 0.0435. The molecule has 7 heteroatoms. The molecule has 6 nitrogen and oxygen atoms in total. The minimum Gasteiger partial charge on any atom is -0.366 e. The minimum absolute atomic E-state index is 0.288. The molecule has 0 saturated carbocycles. The number of carbonyl (C=O) groups excluding carboxylic acids is 1. The summed E-state index contributed by atoms with van der Waals surface area (Å²) in [7, 11) is 0. The highest BCUT2D eigenvalue weighted by molar-refractivity contribution is 6.34. The van der Waals surface area contributed by atoms with Crippen LogP contribution in [0.25, 0.3) is 27.8 Å². The van der Waals surface area contributed by atoms with Crippen molar-refractivity contribution < 1.29 is 4.79 Å². The van der Waals surface area contributed by atoms with Gasteiger partial charge in [-0.15, -0.1) is 0 Å². The van der Waals surface area contributed by atoms with Gasteiger partial charge in [-0.05, 0) is 48.0 Å². The lowest BCUT2D eigenvalue weighted by Gasteiger charge is -2.07. The van der Waals surface area contributed by atoms with Crippen molar-refractivity contribution in [3.05, 3.63) is 94.9 Å². The van der Waals surface area contributed by atoms with Gasteiger partial charge in [0.2, 0.25) is 5.91 Å². The number of hydrogen-bond donors (Lipinski definition) is 1. The van der Waals surface area contributed by atoms with Crippen LogP contribution in [-0.4, -0.2) is 25.5 Å². The van der Waals surface area contributed by atoms with Gasteiger partial charge in [0.05, 0.1) is 33.7 Å². The molecule has 0 bridgehead atoms. The molecule has 5 rings (SSSR count). The second kappa shape index (κ2) is 7.24. The van der Waals surface area contributed by atoms with Crippen molar-refractivity contribution in [2.24, 2.45) is 5.73 Å². The van der Waals surface area contributed by atoms with Gasteiger partial charge in [-0.25, -0.2) is 9.50 Å². The largest absolute Gasteiger partial charge is 0.366 e. The van der Waals surface area contributed by atoms with E-state index in [0.29, 0.717) is 11.4 Å². The maximum absolute atomic E-state index is 11.4. The molecule has 3 aromatic heterocycles. The molecule has 0 saturated heterocycles. The molecule has 0 radical (unpaired) electrons. The van der Waals surface area contributed by atoms with E-state index in [4.69, 9.17) is 22.4 Å². The summed E-state index contributed by atoms with van der Waals surface area (Å²) in [6, 6.07) is 19.1. The van der Waals surface area contributed by atoms with Crippen LogP contribution in [0.5, 0.6) is 0 Å². The van der Waals surface area contributed by atoms with Crippen LogP contribution < -0.4 is 5.73 Å². The molecule has 5 aromatic rings. The van der Waals surface area contributed by atoms with Gasteiger partial charge in [0.1, 0.15) is 0 Å². The summed E-state index contributed by atoms with van der Waals surface area (Å²) >= 11 is 6.20. The first kappa shape index (κ1) is 18.3. The summed E-state index contributed by atoms with van der Waals surface area (Å²) in [5, 5.41) is 6.15. The van der Waals surface area contributed by atoms with Gasteiger partial charge in [-0.1, -0.05) is 29.8 Å². The highest BCUT2D eigenvalue weighted by atomic mass is 35.5. The van der Waals surface area contributed by atoms with Gasteiger partial charge < -0.3 is 5.73 Å². The van der Waals surface area contributed by atoms with Crippen LogP contribution in [0.4, 0.5) is 0 Å². The fourth-order valence-corrected chi connectivity index (χ4v) is 3.79. The highest BCUT2D eigenvalue weighted by Gasteiger charge is 2.11. The lowest BCUT2D eigenvalue weighted by atomic mass is 10.1. The standard InChI is InChI=1S/C23H16ClN5O/c24-19-12-16(4-5-18(19)23(25)30)21-7-8-22-27-13-17(29(22)28-21)11-14-3-6-20-15(10-14)2-1-9-26-20/h1-10,12-13H,11H2,(H2,25,30). The number of nitrogens with two attached hydrogens (primary N) is 1. The second-order valence-corrected chi connectivity index (χ2v) is 7.41. The third kappa shape index (κ3) is 3.27. The first-order valence-electron chi connectivity index (χ1n) is 9.35. The number of benzene rings is 2. The van der Waals surface area contributed by atoms with Crippen molar-refractivity contribution in [2.45, 2.75) is 6.42 Å². The maximum Gasteiger partial charge on any atom is 0.250 e. The Morgan fingerprint density at radius 1 is 1.03 bits per heavy atom. The Hall–Kier alpha value is -3.77. The van der Waals surface area contributed by atoms with Crippen molar-refractivity contribution in [2.75, 3.05) is 0 Å². The first-order chi connectivity index (χ1) is 14.6. The smallest absolute Gasteiger partial charge is 0.250 e. The number of rotatable bonds is 4. The van der Waals surface area contributed by atoms with E-state index in [1.807, 2.05) is 35.0 Å². The lowest BCUT2D eigenvalue weighted by Crippen LogP contribution is -2.11. The van der Waals surface area contributed by atoms with E-state index >= 15 is 0 Å². The van der Waals surface area contributed by atoms with Crippen molar-refractivity contribution in [3.63, 3.8) is 0 Å². The molecule has 0 aliphatic rings. The summed E-state index contributed by atoms with van der Waals surface area (Å²) in [5.41, 5.74) is 11.0. The predicted octanol–water partition coefficient (Wildman–Crippen LogP) is 4.29. The van der Waals surface area contributed by atoms with Crippen molar-refractivity contribution in [1.29, 1.82) is 0 Å². The molecule has 0 atom stereocenters. The zero-order valence-corrected chi connectivity index (χ0v) is 16.5. The van der Waals surface area contributed by atoms with Crippen LogP contribution in [0.2, 0.25) is 5.02 Å². The summed E-state index contributed by atoms with van der Waals surface area (Å²) in [5.74, 6) is -0.558. The molecule has 2 aromatic carbocycles. The van der Waals surface area contributed by atoms with Gasteiger partial charge in [0, 0.05) is 23.6 Å². The number of carbonyl (C=O) groups is 1. The molecule has 0 unspecified atom stereocenters. The summed E-state index contributed by atoms with van der Waals surface area (Å²) in [6.07, 6.45) is 4.31. The molecular formula is C23H16ClN5O. The van der Waals surface area contributed by atoms with Gasteiger partial charge in [0.25, 0.3) is 0 Å². The Balaban J connectivity index is 1.52. The highest BCUT2D eigenvalue weighted by Crippen LogP contribution is 2.25. The number of aromatic nitrogens is 4. The Labute approximate surface area is 177 Å². The molecule has 30 heavy (non-hydrogen) atoms. The quantitative estimate of drug-likeness (QED) is 0.476. The molecule has 146 valence electrons. The maximum atomic E-state index is 11.4. The Morgan fingerprint density at radius 3 is 2.77 bits per heavy atom. The molecule has 1 amide bonds. The van der Waals surface area contributed by atoms with Crippen LogP contribution >= 0.6 is 11.6 Å². The van der Waals surface area contributed by atoms with Gasteiger partial charge >= 0.3 is 0 Å². The van der Waals surface area contributed by atoms with Crippen LogP contribution in [0.15, 0.2) is 73.1 Å². The van der Waals surface area contributed by atoms with E-state index in [1.54, 1.807) is 24.4 Å². The molecule has 0 spiro atoms. The van der Waals surface area contributed by atoms with Crippen LogP contribution in [-0.2, 0) is 6.42 Å². The Bertz CT molecular complexity index is 1430. The van der Waals surface area contributed by atoms with Crippen LogP contribution in [0.1, 0.15) is 21.6 Å². The van der Waals surface area contributed by atoms with E-state index < -0.39 is 5.91 Å². The fourth-order valence-electron chi connectivity index (χ4n) is 3.51. The van der Waals surface area contributed by atoms with E-state index in [0.717, 1.165) is 39.1 Å². The van der Waals surface area contributed by atoms with Crippen LogP contribution in [0.3, 0.4) is 0 Å². The van der Waals surface area contributed by atoms with Crippen molar-refractivity contribution in [3.8, 4) is 11.3 Å². The predicted molar refractivity (Wildman–Crippen MR) is 116 cm³/mol. The second-order valence-electron chi connectivity index (χ2n) is 7.00. The molecule has 3 heterocycles. The summed E-state index contributed by atoms with van der Waals surface area (Å²) in [6.45, 7) is 0. The monoisotopic (exact) mass is 413 g/mol. The molecule has 0 aliphatic heterocycles. The van der Waals surface area contributed by atoms with E-state index in [1.165, 1.54) is 0 Å². The topological polar surface area (TPSA) is 86.2 Å². The average Bonchev–Trinajstić information content (AvgIpc) is 3.15. The van der Waals surface area contributed by atoms with E-state index in [-0.39, 0.29) is 5.56 Å². The van der Waals surface area contributed by atoms with Crippen LogP contribution in [0, 0.1) is 0 Å². The first-order valence-corrected chi connectivity index (χ1v) is 9.73. The van der Waals surface area contributed by atoms with E-state index in [9.17, 15) is 4.79 Å².